The molecule has 158 valence electrons. The third-order valence-corrected chi connectivity index (χ3v) is 8.03. The molecule has 2 atom stereocenters. The van der Waals surface area contributed by atoms with Gasteiger partial charge in [0.1, 0.15) is 17.2 Å². The van der Waals surface area contributed by atoms with Gasteiger partial charge in [0, 0.05) is 22.6 Å². The molecule has 0 fully saturated rings. The summed E-state index contributed by atoms with van der Waals surface area (Å²) >= 11 is 0. The Hall–Kier alpha value is -2.94. The first kappa shape index (κ1) is 18.8. The summed E-state index contributed by atoms with van der Waals surface area (Å²) < 4.78 is 17.8. The van der Waals surface area contributed by atoms with Gasteiger partial charge in [-0.05, 0) is 78.6 Å². The molecule has 0 radical (unpaired) electrons. The molecule has 31 heavy (non-hydrogen) atoms. The summed E-state index contributed by atoms with van der Waals surface area (Å²) in [6.07, 6.45) is 3.14. The molecule has 0 amide bonds. The Bertz CT molecular complexity index is 1260. The highest BCUT2D eigenvalue weighted by atomic mass is 16.5. The fraction of sp³-hybridized carbons (Fsp3) is 0.357. The first-order valence-electron chi connectivity index (χ1n) is 11.0. The number of methoxy groups -OCH3 is 3. The summed E-state index contributed by atoms with van der Waals surface area (Å²) in [6, 6.07) is 15.6. The zero-order valence-corrected chi connectivity index (χ0v) is 18.9. The Morgan fingerprint density at radius 1 is 0.677 bits per heavy atom. The van der Waals surface area contributed by atoms with Gasteiger partial charge in [-0.3, -0.25) is 0 Å². The van der Waals surface area contributed by atoms with Crippen molar-refractivity contribution >= 4 is 0 Å². The van der Waals surface area contributed by atoms with E-state index in [9.17, 15) is 0 Å². The van der Waals surface area contributed by atoms with Crippen molar-refractivity contribution in [2.45, 2.75) is 38.5 Å². The molecule has 3 aliphatic carbocycles. The molecule has 3 nitrogen and oxygen atoms in total. The van der Waals surface area contributed by atoms with E-state index < -0.39 is 0 Å². The summed E-state index contributed by atoms with van der Waals surface area (Å²) in [5, 5.41) is 0. The second-order valence-electron chi connectivity index (χ2n) is 9.53. The Balaban J connectivity index is 1.82. The summed E-state index contributed by atoms with van der Waals surface area (Å²) in [6.45, 7) is 4.43. The minimum atomic E-state index is -0.255. The molecule has 2 unspecified atom stereocenters. The van der Waals surface area contributed by atoms with Crippen LogP contribution in [0.4, 0.5) is 0 Å². The molecule has 0 saturated carbocycles. The molecule has 0 bridgehead atoms. The van der Waals surface area contributed by atoms with E-state index in [1.165, 1.54) is 44.5 Å². The van der Waals surface area contributed by atoms with E-state index in [2.05, 4.69) is 56.3 Å². The van der Waals surface area contributed by atoms with Crippen LogP contribution in [0.5, 0.6) is 17.2 Å². The number of hydrogen-bond acceptors (Lipinski definition) is 3. The van der Waals surface area contributed by atoms with Crippen molar-refractivity contribution in [3.63, 3.8) is 0 Å². The molecule has 6 rings (SSSR count). The molecule has 0 saturated heterocycles. The van der Waals surface area contributed by atoms with Crippen LogP contribution in [0.1, 0.15) is 44.5 Å². The van der Waals surface area contributed by atoms with Crippen LogP contribution in [0.25, 0.3) is 0 Å². The highest BCUT2D eigenvalue weighted by Crippen LogP contribution is 2.73. The molecule has 0 aromatic heterocycles. The molecule has 3 heteroatoms. The van der Waals surface area contributed by atoms with E-state index in [0.717, 1.165) is 36.5 Å². The van der Waals surface area contributed by atoms with Gasteiger partial charge >= 0.3 is 0 Å². The molecular weight excluding hydrogens is 384 g/mol. The molecule has 3 aliphatic rings. The van der Waals surface area contributed by atoms with Crippen LogP contribution >= 0.6 is 0 Å². The van der Waals surface area contributed by atoms with Crippen LogP contribution in [0.15, 0.2) is 42.5 Å². The van der Waals surface area contributed by atoms with Crippen LogP contribution in [0.3, 0.4) is 0 Å². The third-order valence-electron chi connectivity index (χ3n) is 8.03. The van der Waals surface area contributed by atoms with Gasteiger partial charge < -0.3 is 14.2 Å². The highest BCUT2D eigenvalue weighted by Gasteiger charge is 2.69. The van der Waals surface area contributed by atoms with Crippen molar-refractivity contribution in [1.29, 1.82) is 0 Å². The Labute approximate surface area is 184 Å². The normalized spacial score (nSPS) is 24.2. The van der Waals surface area contributed by atoms with Crippen molar-refractivity contribution in [3.8, 4) is 17.2 Å². The van der Waals surface area contributed by atoms with Gasteiger partial charge in [-0.1, -0.05) is 24.3 Å². The number of aryl methyl sites for hydroxylation is 2. The number of fused-ring (bicyclic) bond motifs is 3. The van der Waals surface area contributed by atoms with Crippen LogP contribution in [-0.2, 0) is 24.7 Å². The van der Waals surface area contributed by atoms with E-state index >= 15 is 0 Å². The summed E-state index contributed by atoms with van der Waals surface area (Å²) in [5.41, 5.74) is 10.8. The van der Waals surface area contributed by atoms with E-state index in [1.54, 1.807) is 21.3 Å². The molecule has 0 spiro atoms. The second kappa shape index (κ2) is 6.06. The average Bonchev–Trinajstić information content (AvgIpc) is 3.27. The number of rotatable bonds is 3. The fourth-order valence-corrected chi connectivity index (χ4v) is 7.30. The van der Waals surface area contributed by atoms with Gasteiger partial charge in [0.15, 0.2) is 0 Å². The number of ether oxygens (including phenoxy) is 3. The molecule has 0 N–H and O–H groups in total. The largest absolute Gasteiger partial charge is 0.497 e. The van der Waals surface area contributed by atoms with Crippen LogP contribution in [0, 0.1) is 19.3 Å². The topological polar surface area (TPSA) is 27.7 Å². The zero-order valence-electron chi connectivity index (χ0n) is 18.9. The maximum atomic E-state index is 6.07. The summed E-state index contributed by atoms with van der Waals surface area (Å²) in [7, 11) is 5.32. The predicted octanol–water partition coefficient (Wildman–Crippen LogP) is 5.32. The van der Waals surface area contributed by atoms with Gasteiger partial charge in [0.2, 0.25) is 0 Å². The van der Waals surface area contributed by atoms with Crippen molar-refractivity contribution in [3.05, 3.63) is 87.0 Å². The quantitative estimate of drug-likeness (QED) is 0.583. The SMILES string of the molecule is COc1cc2c(c(OC)c1)C13c4c(C)cccc4CC1(Cc1cc(C)cc(OC)c13)C2. The molecule has 3 aromatic carbocycles. The first-order valence-corrected chi connectivity index (χ1v) is 11.0. The van der Waals surface area contributed by atoms with Gasteiger partial charge in [0.05, 0.1) is 26.7 Å². The second-order valence-corrected chi connectivity index (χ2v) is 9.53. The number of benzene rings is 3. The van der Waals surface area contributed by atoms with E-state index in [0.29, 0.717) is 0 Å². The van der Waals surface area contributed by atoms with Gasteiger partial charge in [0.25, 0.3) is 0 Å². The maximum Gasteiger partial charge on any atom is 0.127 e. The minimum absolute atomic E-state index is 0.0623. The van der Waals surface area contributed by atoms with Gasteiger partial charge in [-0.2, -0.15) is 0 Å². The average molecular weight is 413 g/mol. The van der Waals surface area contributed by atoms with Crippen molar-refractivity contribution in [2.75, 3.05) is 21.3 Å². The lowest BCUT2D eigenvalue weighted by Gasteiger charge is -2.38. The zero-order chi connectivity index (χ0) is 21.5. The van der Waals surface area contributed by atoms with Crippen LogP contribution < -0.4 is 14.2 Å². The third kappa shape index (κ3) is 2.05. The van der Waals surface area contributed by atoms with Gasteiger partial charge in [-0.15, -0.1) is 0 Å². The molecule has 3 aromatic rings. The lowest BCUT2D eigenvalue weighted by Crippen LogP contribution is -2.38. The van der Waals surface area contributed by atoms with Crippen LogP contribution in [-0.4, -0.2) is 21.3 Å². The Morgan fingerprint density at radius 2 is 1.32 bits per heavy atom. The van der Waals surface area contributed by atoms with Crippen molar-refractivity contribution < 1.29 is 14.2 Å². The van der Waals surface area contributed by atoms with Gasteiger partial charge in [-0.25, -0.2) is 0 Å². The maximum absolute atomic E-state index is 6.07. The standard InChI is InChI=1S/C28H28O3/c1-16-9-19-14-27-13-18-8-6-7-17(2)24(18)28(27,25(19)22(10-16)30-4)26-20(15-27)11-21(29-3)12-23(26)31-5/h6-12H,13-15H2,1-5H3. The molecule has 0 aliphatic heterocycles. The van der Waals surface area contributed by atoms with E-state index in [4.69, 9.17) is 14.2 Å². The Morgan fingerprint density at radius 3 is 2.00 bits per heavy atom. The summed E-state index contributed by atoms with van der Waals surface area (Å²) in [4.78, 5) is 0. The fourth-order valence-electron chi connectivity index (χ4n) is 7.30. The van der Waals surface area contributed by atoms with E-state index in [1.807, 2.05) is 0 Å². The number of hydrogen-bond donors (Lipinski definition) is 0. The lowest BCUT2D eigenvalue weighted by atomic mass is 9.63. The molecular formula is C28H28O3. The summed E-state index contributed by atoms with van der Waals surface area (Å²) in [5.74, 6) is 2.78. The lowest BCUT2D eigenvalue weighted by molar-refractivity contribution is 0.249. The molecule has 0 heterocycles. The smallest absolute Gasteiger partial charge is 0.127 e. The van der Waals surface area contributed by atoms with Crippen molar-refractivity contribution in [2.24, 2.45) is 5.41 Å². The van der Waals surface area contributed by atoms with Crippen molar-refractivity contribution in [1.82, 2.24) is 0 Å². The predicted molar refractivity (Wildman–Crippen MR) is 122 cm³/mol. The van der Waals surface area contributed by atoms with Crippen LogP contribution in [0.2, 0.25) is 0 Å². The Kier molecular flexibility index (Phi) is 3.68. The van der Waals surface area contributed by atoms with E-state index in [-0.39, 0.29) is 10.8 Å². The highest BCUT2D eigenvalue weighted by molar-refractivity contribution is 5.76. The minimum Gasteiger partial charge on any atom is -0.497 e. The monoisotopic (exact) mass is 412 g/mol. The first-order chi connectivity index (χ1) is 15.0.